The summed E-state index contributed by atoms with van der Waals surface area (Å²) in [6.07, 6.45) is 5.22. The van der Waals surface area contributed by atoms with Crippen LogP contribution in [0.5, 0.6) is 0 Å². The van der Waals surface area contributed by atoms with Crippen LogP contribution in [0, 0.1) is 0 Å². The SMILES string of the molecule is NCCc1cc(=O)[nH]c(-c2cnccn2)n1. The van der Waals surface area contributed by atoms with E-state index in [0.29, 0.717) is 30.2 Å². The number of aromatic nitrogens is 4. The summed E-state index contributed by atoms with van der Waals surface area (Å²) in [6, 6.07) is 1.44. The Morgan fingerprint density at radius 2 is 2.25 bits per heavy atom. The molecule has 0 spiro atoms. The van der Waals surface area contributed by atoms with E-state index in [0.717, 1.165) is 0 Å². The Bertz CT molecular complexity index is 522. The van der Waals surface area contributed by atoms with E-state index < -0.39 is 0 Å². The van der Waals surface area contributed by atoms with Crippen LogP contribution in [0.2, 0.25) is 0 Å². The van der Waals surface area contributed by atoms with Gasteiger partial charge in [-0.2, -0.15) is 0 Å². The van der Waals surface area contributed by atoms with Crippen molar-refractivity contribution in [1.82, 2.24) is 19.9 Å². The largest absolute Gasteiger partial charge is 0.330 e. The maximum absolute atomic E-state index is 11.4. The normalized spacial score (nSPS) is 10.3. The van der Waals surface area contributed by atoms with Crippen LogP contribution in [0.25, 0.3) is 11.5 Å². The molecule has 2 heterocycles. The topological polar surface area (TPSA) is 97.6 Å². The number of rotatable bonds is 3. The average Bonchev–Trinajstić information content (AvgIpc) is 2.30. The Hall–Kier alpha value is -2.08. The smallest absolute Gasteiger partial charge is 0.251 e. The van der Waals surface area contributed by atoms with Crippen LogP contribution in [0.3, 0.4) is 0 Å². The van der Waals surface area contributed by atoms with Crippen LogP contribution in [-0.2, 0) is 6.42 Å². The summed E-state index contributed by atoms with van der Waals surface area (Å²) in [5.74, 6) is 0.420. The van der Waals surface area contributed by atoms with Gasteiger partial charge in [-0.05, 0) is 6.54 Å². The minimum Gasteiger partial charge on any atom is -0.330 e. The maximum Gasteiger partial charge on any atom is 0.251 e. The van der Waals surface area contributed by atoms with Crippen molar-refractivity contribution in [3.63, 3.8) is 0 Å². The molecule has 0 atom stereocenters. The highest BCUT2D eigenvalue weighted by Gasteiger charge is 2.04. The number of nitrogens with zero attached hydrogens (tertiary/aromatic N) is 3. The van der Waals surface area contributed by atoms with Crippen molar-refractivity contribution in [2.24, 2.45) is 5.73 Å². The van der Waals surface area contributed by atoms with E-state index in [4.69, 9.17) is 5.73 Å². The standard InChI is InChI=1S/C10H11N5O/c11-2-1-7-5-9(16)15-10(14-7)8-6-12-3-4-13-8/h3-6H,1-2,11H2,(H,14,15,16). The third kappa shape index (κ3) is 2.29. The highest BCUT2D eigenvalue weighted by atomic mass is 16.1. The second-order valence-electron chi connectivity index (χ2n) is 3.21. The van der Waals surface area contributed by atoms with E-state index in [1.807, 2.05) is 0 Å². The summed E-state index contributed by atoms with van der Waals surface area (Å²) in [6.45, 7) is 0.455. The van der Waals surface area contributed by atoms with Gasteiger partial charge >= 0.3 is 0 Å². The summed E-state index contributed by atoms with van der Waals surface area (Å²) in [4.78, 5) is 26.2. The number of nitrogens with two attached hydrogens (primary N) is 1. The van der Waals surface area contributed by atoms with E-state index in [1.165, 1.54) is 6.07 Å². The lowest BCUT2D eigenvalue weighted by molar-refractivity contribution is 0.902. The van der Waals surface area contributed by atoms with E-state index in [2.05, 4.69) is 19.9 Å². The highest BCUT2D eigenvalue weighted by molar-refractivity contribution is 5.46. The van der Waals surface area contributed by atoms with Gasteiger partial charge in [0.15, 0.2) is 5.82 Å². The molecule has 0 saturated carbocycles. The van der Waals surface area contributed by atoms with Crippen molar-refractivity contribution in [2.75, 3.05) is 6.54 Å². The van der Waals surface area contributed by atoms with Gasteiger partial charge in [-0.3, -0.25) is 9.78 Å². The van der Waals surface area contributed by atoms with Gasteiger partial charge in [-0.1, -0.05) is 0 Å². The predicted molar refractivity (Wildman–Crippen MR) is 58.6 cm³/mol. The molecule has 0 saturated heterocycles. The summed E-state index contributed by atoms with van der Waals surface area (Å²) >= 11 is 0. The van der Waals surface area contributed by atoms with Crippen LogP contribution >= 0.6 is 0 Å². The fraction of sp³-hybridized carbons (Fsp3) is 0.200. The number of nitrogens with one attached hydrogen (secondary N) is 1. The summed E-state index contributed by atoms with van der Waals surface area (Å²) in [7, 11) is 0. The van der Waals surface area contributed by atoms with Gasteiger partial charge in [-0.25, -0.2) is 9.97 Å². The molecular weight excluding hydrogens is 206 g/mol. The molecule has 16 heavy (non-hydrogen) atoms. The molecule has 0 aromatic carbocycles. The van der Waals surface area contributed by atoms with Crippen LogP contribution in [0.1, 0.15) is 5.69 Å². The predicted octanol–water partition coefficient (Wildman–Crippen LogP) is -0.272. The molecule has 3 N–H and O–H groups in total. The molecule has 0 fully saturated rings. The summed E-state index contributed by atoms with van der Waals surface area (Å²) in [5.41, 5.74) is 6.41. The Balaban J connectivity index is 2.45. The van der Waals surface area contributed by atoms with Gasteiger partial charge in [0.1, 0.15) is 5.69 Å². The maximum atomic E-state index is 11.4. The Morgan fingerprint density at radius 1 is 1.38 bits per heavy atom. The average molecular weight is 217 g/mol. The second kappa shape index (κ2) is 4.63. The molecule has 6 heteroatoms. The van der Waals surface area contributed by atoms with Crippen molar-refractivity contribution in [2.45, 2.75) is 6.42 Å². The zero-order valence-corrected chi connectivity index (χ0v) is 8.55. The number of H-pyrrole nitrogens is 1. The van der Waals surface area contributed by atoms with Crippen molar-refractivity contribution in [3.8, 4) is 11.5 Å². The fourth-order valence-corrected chi connectivity index (χ4v) is 1.33. The van der Waals surface area contributed by atoms with Gasteiger partial charge in [0.25, 0.3) is 5.56 Å². The molecule has 2 aromatic rings. The number of aromatic amines is 1. The van der Waals surface area contributed by atoms with Crippen LogP contribution in [-0.4, -0.2) is 26.5 Å². The van der Waals surface area contributed by atoms with Crippen molar-refractivity contribution in [1.29, 1.82) is 0 Å². The number of hydrogen-bond acceptors (Lipinski definition) is 5. The molecule has 0 radical (unpaired) electrons. The fourth-order valence-electron chi connectivity index (χ4n) is 1.33. The monoisotopic (exact) mass is 217 g/mol. The first-order chi connectivity index (χ1) is 7.79. The molecule has 0 aliphatic heterocycles. The van der Waals surface area contributed by atoms with E-state index in [-0.39, 0.29) is 5.56 Å². The Labute approximate surface area is 91.6 Å². The van der Waals surface area contributed by atoms with Crippen LogP contribution < -0.4 is 11.3 Å². The molecule has 0 bridgehead atoms. The van der Waals surface area contributed by atoms with Gasteiger partial charge in [0, 0.05) is 30.6 Å². The van der Waals surface area contributed by atoms with Gasteiger partial charge in [-0.15, -0.1) is 0 Å². The van der Waals surface area contributed by atoms with Gasteiger partial charge in [0.05, 0.1) is 6.20 Å². The third-order valence-electron chi connectivity index (χ3n) is 2.00. The van der Waals surface area contributed by atoms with Crippen LogP contribution in [0.4, 0.5) is 0 Å². The lowest BCUT2D eigenvalue weighted by Gasteiger charge is -2.01. The van der Waals surface area contributed by atoms with E-state index in [1.54, 1.807) is 18.6 Å². The zero-order valence-electron chi connectivity index (χ0n) is 8.55. The van der Waals surface area contributed by atoms with Crippen molar-refractivity contribution < 1.29 is 0 Å². The minimum atomic E-state index is -0.209. The quantitative estimate of drug-likeness (QED) is 0.737. The second-order valence-corrected chi connectivity index (χ2v) is 3.21. The Kier molecular flexibility index (Phi) is 3.02. The van der Waals surface area contributed by atoms with Gasteiger partial charge in [0.2, 0.25) is 0 Å². The van der Waals surface area contributed by atoms with Crippen molar-refractivity contribution >= 4 is 0 Å². The molecule has 0 unspecified atom stereocenters. The molecule has 2 rings (SSSR count). The molecule has 0 aliphatic carbocycles. The van der Waals surface area contributed by atoms with E-state index in [9.17, 15) is 4.79 Å². The molecular formula is C10H11N5O. The minimum absolute atomic E-state index is 0.209. The van der Waals surface area contributed by atoms with Crippen LogP contribution in [0.15, 0.2) is 29.5 Å². The first-order valence-electron chi connectivity index (χ1n) is 4.86. The first kappa shape index (κ1) is 10.4. The summed E-state index contributed by atoms with van der Waals surface area (Å²) < 4.78 is 0. The lowest BCUT2D eigenvalue weighted by atomic mass is 10.3. The van der Waals surface area contributed by atoms with E-state index >= 15 is 0 Å². The summed E-state index contributed by atoms with van der Waals surface area (Å²) in [5, 5.41) is 0. The molecule has 82 valence electrons. The highest BCUT2D eigenvalue weighted by Crippen LogP contribution is 2.07. The molecule has 0 amide bonds. The lowest BCUT2D eigenvalue weighted by Crippen LogP contribution is -2.13. The Morgan fingerprint density at radius 3 is 2.94 bits per heavy atom. The first-order valence-corrected chi connectivity index (χ1v) is 4.86. The zero-order chi connectivity index (χ0) is 11.4. The van der Waals surface area contributed by atoms with Gasteiger partial charge < -0.3 is 10.7 Å². The van der Waals surface area contributed by atoms with Crippen molar-refractivity contribution in [3.05, 3.63) is 40.7 Å². The third-order valence-corrected chi connectivity index (χ3v) is 2.00. The number of hydrogen-bond donors (Lipinski definition) is 2. The molecule has 6 nitrogen and oxygen atoms in total. The molecule has 0 aliphatic rings. The molecule has 2 aromatic heterocycles.